The average Bonchev–Trinajstić information content (AvgIpc) is 2.49. The van der Waals surface area contributed by atoms with Gasteiger partial charge in [-0.05, 0) is 30.2 Å². The number of hydrogen-bond donors (Lipinski definition) is 2. The Labute approximate surface area is 134 Å². The number of benzene rings is 1. The summed E-state index contributed by atoms with van der Waals surface area (Å²) < 4.78 is 11.5. The molecule has 2 N–H and O–H groups in total. The summed E-state index contributed by atoms with van der Waals surface area (Å²) in [6.07, 6.45) is 0.918. The molecule has 0 aliphatic heterocycles. The highest BCUT2D eigenvalue weighted by atomic mass is 79.9. The summed E-state index contributed by atoms with van der Waals surface area (Å²) in [6, 6.07) is 5.69. The summed E-state index contributed by atoms with van der Waals surface area (Å²) in [5.41, 5.74) is 1.08. The van der Waals surface area contributed by atoms with Gasteiger partial charge in [0, 0.05) is 31.2 Å². The van der Waals surface area contributed by atoms with E-state index >= 15 is 0 Å². The van der Waals surface area contributed by atoms with E-state index in [0.29, 0.717) is 25.4 Å². The van der Waals surface area contributed by atoms with Gasteiger partial charge >= 0.3 is 0 Å². The number of halogens is 1. The molecule has 0 saturated heterocycles. The minimum absolute atomic E-state index is 0.0399. The van der Waals surface area contributed by atoms with Crippen LogP contribution in [0.15, 0.2) is 22.7 Å². The number of nitrogens with one attached hydrogen (secondary N) is 2. The van der Waals surface area contributed by atoms with Crippen LogP contribution in [0.3, 0.4) is 0 Å². The average molecular weight is 359 g/mol. The number of rotatable bonds is 10. The molecule has 0 saturated carbocycles. The lowest BCUT2D eigenvalue weighted by Crippen LogP contribution is -2.29. The van der Waals surface area contributed by atoms with E-state index in [1.807, 2.05) is 25.1 Å². The van der Waals surface area contributed by atoms with Gasteiger partial charge < -0.3 is 20.1 Å². The smallest absolute Gasteiger partial charge is 0.257 e. The highest BCUT2D eigenvalue weighted by Crippen LogP contribution is 2.22. The van der Waals surface area contributed by atoms with Crippen LogP contribution in [0, 0.1) is 0 Å². The van der Waals surface area contributed by atoms with Crippen molar-refractivity contribution in [2.24, 2.45) is 0 Å². The van der Waals surface area contributed by atoms with Gasteiger partial charge in [0.1, 0.15) is 5.75 Å². The fourth-order valence-electron chi connectivity index (χ4n) is 1.64. The van der Waals surface area contributed by atoms with Gasteiger partial charge in [0.15, 0.2) is 6.61 Å². The number of ether oxygens (including phenoxy) is 2. The molecule has 21 heavy (non-hydrogen) atoms. The maximum atomic E-state index is 11.5. The van der Waals surface area contributed by atoms with Crippen molar-refractivity contribution in [2.45, 2.75) is 19.9 Å². The number of amides is 1. The van der Waals surface area contributed by atoms with Gasteiger partial charge in [-0.2, -0.15) is 0 Å². The third-order valence-corrected chi connectivity index (χ3v) is 3.53. The van der Waals surface area contributed by atoms with Crippen LogP contribution in [0.2, 0.25) is 0 Å². The lowest BCUT2D eigenvalue weighted by atomic mass is 10.2. The zero-order valence-corrected chi connectivity index (χ0v) is 14.2. The number of methoxy groups -OCH3 is 1. The van der Waals surface area contributed by atoms with Gasteiger partial charge in [0.25, 0.3) is 5.91 Å². The van der Waals surface area contributed by atoms with E-state index in [-0.39, 0.29) is 12.5 Å². The quantitative estimate of drug-likeness (QED) is 0.628. The number of carbonyl (C=O) groups excluding carboxylic acids is 1. The molecule has 1 aromatic carbocycles. The van der Waals surface area contributed by atoms with Crippen LogP contribution < -0.4 is 15.4 Å². The molecule has 0 radical (unpaired) electrons. The highest BCUT2D eigenvalue weighted by Gasteiger charge is 2.05. The van der Waals surface area contributed by atoms with E-state index in [1.165, 1.54) is 0 Å². The van der Waals surface area contributed by atoms with Crippen molar-refractivity contribution >= 4 is 21.8 Å². The lowest BCUT2D eigenvalue weighted by Gasteiger charge is -2.11. The van der Waals surface area contributed by atoms with Crippen molar-refractivity contribution in [1.82, 2.24) is 10.6 Å². The normalized spacial score (nSPS) is 10.4. The summed E-state index contributed by atoms with van der Waals surface area (Å²) in [5.74, 6) is 0.591. The second kappa shape index (κ2) is 10.6. The minimum Gasteiger partial charge on any atom is -0.484 e. The van der Waals surface area contributed by atoms with Crippen molar-refractivity contribution in [2.75, 3.05) is 33.4 Å². The predicted molar refractivity (Wildman–Crippen MR) is 86.5 cm³/mol. The molecule has 1 amide bonds. The fraction of sp³-hybridized carbons (Fsp3) is 0.533. The molecule has 5 nitrogen and oxygen atoms in total. The predicted octanol–water partition coefficient (Wildman–Crippen LogP) is 2.09. The molecule has 1 rings (SSSR count). The van der Waals surface area contributed by atoms with Crippen LogP contribution in [-0.2, 0) is 16.1 Å². The van der Waals surface area contributed by atoms with Gasteiger partial charge in [-0.15, -0.1) is 0 Å². The third-order valence-electron chi connectivity index (χ3n) is 2.76. The molecule has 0 aliphatic rings. The topological polar surface area (TPSA) is 59.6 Å². The molecule has 0 atom stereocenters. The van der Waals surface area contributed by atoms with Crippen LogP contribution in [0.25, 0.3) is 0 Å². The zero-order valence-electron chi connectivity index (χ0n) is 12.6. The Morgan fingerprint density at radius 1 is 1.33 bits per heavy atom. The van der Waals surface area contributed by atoms with Crippen LogP contribution >= 0.6 is 15.9 Å². The van der Waals surface area contributed by atoms with Gasteiger partial charge in [0.05, 0.1) is 6.61 Å². The minimum atomic E-state index is -0.0976. The van der Waals surface area contributed by atoms with Gasteiger partial charge in [-0.1, -0.05) is 22.9 Å². The molecule has 0 spiro atoms. The summed E-state index contributed by atoms with van der Waals surface area (Å²) in [5, 5.41) is 6.05. The molecule has 0 bridgehead atoms. The van der Waals surface area contributed by atoms with Crippen LogP contribution in [0.1, 0.15) is 18.9 Å². The maximum Gasteiger partial charge on any atom is 0.257 e. The summed E-state index contributed by atoms with van der Waals surface area (Å²) in [4.78, 5) is 11.5. The first kappa shape index (κ1) is 17.9. The second-order valence-corrected chi connectivity index (χ2v) is 5.42. The van der Waals surface area contributed by atoms with Crippen LogP contribution in [0.4, 0.5) is 0 Å². The first-order valence-corrected chi connectivity index (χ1v) is 7.84. The maximum absolute atomic E-state index is 11.5. The van der Waals surface area contributed by atoms with E-state index in [2.05, 4.69) is 26.6 Å². The van der Waals surface area contributed by atoms with Crippen LogP contribution in [0.5, 0.6) is 5.75 Å². The molecule has 0 unspecified atom stereocenters. The third kappa shape index (κ3) is 7.45. The Morgan fingerprint density at radius 3 is 2.86 bits per heavy atom. The standard InChI is InChI=1S/C15H23BrN2O3/c1-3-6-18-15(19)11-21-13-4-5-14(16)12(9-13)10-17-7-8-20-2/h4-5,9,17H,3,6-8,10-11H2,1-2H3,(H,18,19). The van der Waals surface area contributed by atoms with Crippen molar-refractivity contribution in [3.8, 4) is 5.75 Å². The highest BCUT2D eigenvalue weighted by molar-refractivity contribution is 9.10. The van der Waals surface area contributed by atoms with Crippen molar-refractivity contribution in [1.29, 1.82) is 0 Å². The Kier molecular flexibility index (Phi) is 9.05. The summed E-state index contributed by atoms with van der Waals surface area (Å²) in [7, 11) is 1.68. The van der Waals surface area contributed by atoms with E-state index in [4.69, 9.17) is 9.47 Å². The van der Waals surface area contributed by atoms with E-state index in [0.717, 1.165) is 23.0 Å². The van der Waals surface area contributed by atoms with Crippen molar-refractivity contribution < 1.29 is 14.3 Å². The second-order valence-electron chi connectivity index (χ2n) is 4.56. The van der Waals surface area contributed by atoms with Gasteiger partial charge in [-0.3, -0.25) is 4.79 Å². The largest absolute Gasteiger partial charge is 0.484 e. The monoisotopic (exact) mass is 358 g/mol. The van der Waals surface area contributed by atoms with Crippen LogP contribution in [-0.4, -0.2) is 39.3 Å². The number of hydrogen-bond acceptors (Lipinski definition) is 4. The van der Waals surface area contributed by atoms with E-state index < -0.39 is 0 Å². The van der Waals surface area contributed by atoms with E-state index in [1.54, 1.807) is 7.11 Å². The molecular formula is C15H23BrN2O3. The Morgan fingerprint density at radius 2 is 2.14 bits per heavy atom. The van der Waals surface area contributed by atoms with Crippen molar-refractivity contribution in [3.05, 3.63) is 28.2 Å². The Bertz CT molecular complexity index is 441. The molecular weight excluding hydrogens is 336 g/mol. The fourth-order valence-corrected chi connectivity index (χ4v) is 2.02. The summed E-state index contributed by atoms with van der Waals surface area (Å²) in [6.45, 7) is 4.90. The SMILES string of the molecule is CCCNC(=O)COc1ccc(Br)c(CNCCOC)c1. The first-order chi connectivity index (χ1) is 10.2. The molecule has 118 valence electrons. The lowest BCUT2D eigenvalue weighted by molar-refractivity contribution is -0.123. The molecule has 1 aromatic rings. The van der Waals surface area contributed by atoms with Crippen molar-refractivity contribution in [3.63, 3.8) is 0 Å². The van der Waals surface area contributed by atoms with E-state index in [9.17, 15) is 4.79 Å². The molecule has 0 aliphatic carbocycles. The number of carbonyl (C=O) groups is 1. The summed E-state index contributed by atoms with van der Waals surface area (Å²) >= 11 is 3.51. The Balaban J connectivity index is 2.46. The zero-order chi connectivity index (χ0) is 15.5. The first-order valence-electron chi connectivity index (χ1n) is 7.05. The molecule has 0 aromatic heterocycles. The van der Waals surface area contributed by atoms with Gasteiger partial charge in [-0.25, -0.2) is 0 Å². The molecule has 6 heteroatoms. The molecule has 0 heterocycles. The van der Waals surface area contributed by atoms with Gasteiger partial charge in [0.2, 0.25) is 0 Å². The molecule has 0 fully saturated rings. The Hall–Kier alpha value is -1.11.